The molecule has 0 aliphatic heterocycles. The van der Waals surface area contributed by atoms with Crippen molar-refractivity contribution in [2.75, 3.05) is 0 Å². The Morgan fingerprint density at radius 3 is 2.84 bits per heavy atom. The lowest BCUT2D eigenvalue weighted by molar-refractivity contribution is 0.112. The van der Waals surface area contributed by atoms with Gasteiger partial charge in [0, 0.05) is 18.3 Å². The van der Waals surface area contributed by atoms with Crippen molar-refractivity contribution in [3.63, 3.8) is 0 Å². The zero-order valence-electron chi connectivity index (χ0n) is 10.6. The number of benzene rings is 1. The van der Waals surface area contributed by atoms with Crippen molar-refractivity contribution in [3.8, 4) is 11.3 Å². The van der Waals surface area contributed by atoms with E-state index in [1.54, 1.807) is 10.9 Å². The maximum atomic E-state index is 13.7. The smallest absolute Gasteiger partial charge is 0.153 e. The second kappa shape index (κ2) is 5.73. The fraction of sp³-hybridized carbons (Fsp3) is 0.286. The Morgan fingerprint density at radius 1 is 1.37 bits per heavy atom. The van der Waals surface area contributed by atoms with E-state index >= 15 is 0 Å². The van der Waals surface area contributed by atoms with Gasteiger partial charge in [0.05, 0.1) is 5.56 Å². The van der Waals surface area contributed by atoms with Crippen LogP contribution in [-0.4, -0.2) is 16.1 Å². The van der Waals surface area contributed by atoms with E-state index in [0.29, 0.717) is 12.8 Å². The van der Waals surface area contributed by atoms with Gasteiger partial charge in [0.2, 0.25) is 0 Å². The van der Waals surface area contributed by atoms with Crippen molar-refractivity contribution in [3.05, 3.63) is 41.6 Å². The average Bonchev–Trinajstić information content (AvgIpc) is 2.82. The van der Waals surface area contributed by atoms with Gasteiger partial charge in [-0.15, -0.1) is 0 Å². The summed E-state index contributed by atoms with van der Waals surface area (Å²) in [5.41, 5.74) is 0.459. The van der Waals surface area contributed by atoms with Crippen LogP contribution in [-0.2, 0) is 6.54 Å². The van der Waals surface area contributed by atoms with Crippen LogP contribution in [0.2, 0.25) is 0 Å². The number of rotatable bonds is 5. The van der Waals surface area contributed by atoms with Crippen LogP contribution in [0.4, 0.5) is 8.78 Å². The summed E-state index contributed by atoms with van der Waals surface area (Å²) in [6, 6.07) is 3.12. The van der Waals surface area contributed by atoms with Crippen LogP contribution in [0.15, 0.2) is 24.4 Å². The summed E-state index contributed by atoms with van der Waals surface area (Å²) < 4.78 is 28.5. The number of carbonyl (C=O) groups excluding carboxylic acids is 1. The molecule has 0 radical (unpaired) electrons. The lowest BCUT2D eigenvalue weighted by Crippen LogP contribution is -1.98. The van der Waals surface area contributed by atoms with Gasteiger partial charge in [-0.3, -0.25) is 9.48 Å². The highest BCUT2D eigenvalue weighted by Crippen LogP contribution is 2.25. The van der Waals surface area contributed by atoms with E-state index in [9.17, 15) is 13.6 Å². The molecule has 3 nitrogen and oxygen atoms in total. The molecule has 100 valence electrons. The van der Waals surface area contributed by atoms with Gasteiger partial charge in [0.15, 0.2) is 6.29 Å². The lowest BCUT2D eigenvalue weighted by atomic mass is 10.1. The highest BCUT2D eigenvalue weighted by molar-refractivity contribution is 5.85. The minimum absolute atomic E-state index is 0.0114. The quantitative estimate of drug-likeness (QED) is 0.775. The molecule has 0 aliphatic rings. The predicted molar refractivity (Wildman–Crippen MR) is 67.9 cm³/mol. The van der Waals surface area contributed by atoms with E-state index in [1.807, 2.05) is 6.92 Å². The van der Waals surface area contributed by atoms with E-state index < -0.39 is 11.6 Å². The molecule has 2 rings (SSSR count). The average molecular weight is 264 g/mol. The van der Waals surface area contributed by atoms with Crippen LogP contribution < -0.4 is 0 Å². The number of hydrogen-bond acceptors (Lipinski definition) is 2. The molecule has 0 saturated heterocycles. The summed E-state index contributed by atoms with van der Waals surface area (Å²) in [5, 5.41) is 4.17. The van der Waals surface area contributed by atoms with Gasteiger partial charge < -0.3 is 0 Å². The molecule has 1 aromatic heterocycles. The molecule has 0 saturated carbocycles. The molecule has 5 heteroatoms. The van der Waals surface area contributed by atoms with Crippen LogP contribution in [0.3, 0.4) is 0 Å². The number of aldehydes is 1. The zero-order valence-corrected chi connectivity index (χ0v) is 10.6. The summed E-state index contributed by atoms with van der Waals surface area (Å²) in [4.78, 5) is 11.0. The molecule has 1 heterocycles. The van der Waals surface area contributed by atoms with E-state index in [2.05, 4.69) is 5.10 Å². The number of halogens is 2. The van der Waals surface area contributed by atoms with Crippen molar-refractivity contribution in [1.29, 1.82) is 0 Å². The van der Waals surface area contributed by atoms with Crippen molar-refractivity contribution < 1.29 is 13.6 Å². The van der Waals surface area contributed by atoms with Gasteiger partial charge in [0.25, 0.3) is 0 Å². The van der Waals surface area contributed by atoms with Crippen LogP contribution in [0, 0.1) is 11.6 Å². The first-order chi connectivity index (χ1) is 9.15. The van der Waals surface area contributed by atoms with Crippen molar-refractivity contribution in [2.24, 2.45) is 0 Å². The van der Waals surface area contributed by atoms with Crippen molar-refractivity contribution in [2.45, 2.75) is 26.3 Å². The molecule has 0 amide bonds. The minimum Gasteiger partial charge on any atom is -0.298 e. The fourth-order valence-electron chi connectivity index (χ4n) is 1.85. The first-order valence-corrected chi connectivity index (χ1v) is 6.13. The Balaban J connectivity index is 2.45. The Kier molecular flexibility index (Phi) is 4.04. The fourth-order valence-corrected chi connectivity index (χ4v) is 1.85. The van der Waals surface area contributed by atoms with Gasteiger partial charge in [-0.1, -0.05) is 13.3 Å². The summed E-state index contributed by atoms with van der Waals surface area (Å²) >= 11 is 0. The SMILES string of the molecule is CCCCn1cc(C=O)c(-c2cc(F)ccc2F)n1. The molecule has 0 aliphatic carbocycles. The van der Waals surface area contributed by atoms with Gasteiger partial charge in [0.1, 0.15) is 17.3 Å². The number of nitrogens with zero attached hydrogens (tertiary/aromatic N) is 2. The maximum Gasteiger partial charge on any atom is 0.153 e. The molecule has 0 fully saturated rings. The first kappa shape index (κ1) is 13.4. The van der Waals surface area contributed by atoms with Crippen LogP contribution in [0.25, 0.3) is 11.3 Å². The minimum atomic E-state index is -0.592. The second-order valence-corrected chi connectivity index (χ2v) is 4.29. The third-order valence-corrected chi connectivity index (χ3v) is 2.84. The number of carbonyl (C=O) groups is 1. The predicted octanol–water partition coefficient (Wildman–Crippen LogP) is 3.44. The van der Waals surface area contributed by atoms with E-state index in [0.717, 1.165) is 31.0 Å². The topological polar surface area (TPSA) is 34.9 Å². The molecular formula is C14H14F2N2O. The standard InChI is InChI=1S/C14H14F2N2O/c1-2-3-6-18-8-10(9-19)14(17-18)12-7-11(15)4-5-13(12)16/h4-5,7-9H,2-3,6H2,1H3. The molecule has 1 aromatic carbocycles. The van der Waals surface area contributed by atoms with Crippen LogP contribution in [0.1, 0.15) is 30.1 Å². The van der Waals surface area contributed by atoms with Crippen molar-refractivity contribution >= 4 is 6.29 Å². The Labute approximate surface area is 109 Å². The highest BCUT2D eigenvalue weighted by atomic mass is 19.1. The van der Waals surface area contributed by atoms with Gasteiger partial charge in [-0.2, -0.15) is 5.10 Å². The lowest BCUT2D eigenvalue weighted by Gasteiger charge is -2.01. The van der Waals surface area contributed by atoms with Gasteiger partial charge >= 0.3 is 0 Å². The summed E-state index contributed by atoms with van der Waals surface area (Å²) in [7, 11) is 0. The van der Waals surface area contributed by atoms with Gasteiger partial charge in [-0.25, -0.2) is 8.78 Å². The molecule has 19 heavy (non-hydrogen) atoms. The summed E-state index contributed by atoms with van der Waals surface area (Å²) in [6.45, 7) is 2.69. The maximum absolute atomic E-state index is 13.7. The molecule has 0 bridgehead atoms. The molecule has 2 aromatic rings. The molecule has 0 N–H and O–H groups in total. The number of hydrogen-bond donors (Lipinski definition) is 0. The summed E-state index contributed by atoms with van der Waals surface area (Å²) in [6.07, 6.45) is 4.06. The number of aromatic nitrogens is 2. The largest absolute Gasteiger partial charge is 0.298 e. The Hall–Kier alpha value is -2.04. The molecular weight excluding hydrogens is 250 g/mol. The number of aryl methyl sites for hydroxylation is 1. The monoisotopic (exact) mass is 264 g/mol. The highest BCUT2D eigenvalue weighted by Gasteiger charge is 2.15. The van der Waals surface area contributed by atoms with Crippen LogP contribution >= 0.6 is 0 Å². The molecule has 0 atom stereocenters. The summed E-state index contributed by atoms with van der Waals surface area (Å²) in [5.74, 6) is -1.15. The third kappa shape index (κ3) is 2.86. The van der Waals surface area contributed by atoms with E-state index in [1.165, 1.54) is 0 Å². The Bertz CT molecular complexity index is 593. The van der Waals surface area contributed by atoms with Crippen molar-refractivity contribution in [1.82, 2.24) is 9.78 Å². The zero-order chi connectivity index (χ0) is 13.8. The second-order valence-electron chi connectivity index (χ2n) is 4.29. The first-order valence-electron chi connectivity index (χ1n) is 6.13. The third-order valence-electron chi connectivity index (χ3n) is 2.84. The van der Waals surface area contributed by atoms with Crippen LogP contribution in [0.5, 0.6) is 0 Å². The van der Waals surface area contributed by atoms with E-state index in [-0.39, 0.29) is 16.8 Å². The van der Waals surface area contributed by atoms with Gasteiger partial charge in [-0.05, 0) is 24.6 Å². The Morgan fingerprint density at radius 2 is 2.16 bits per heavy atom. The normalized spacial score (nSPS) is 10.7. The molecule has 0 spiro atoms. The number of unbranched alkanes of at least 4 members (excludes halogenated alkanes) is 1. The van der Waals surface area contributed by atoms with E-state index in [4.69, 9.17) is 0 Å². The molecule has 0 unspecified atom stereocenters.